The molecule has 0 aromatic carbocycles. The van der Waals surface area contributed by atoms with Crippen molar-refractivity contribution in [2.75, 3.05) is 0 Å². The Hall–Kier alpha value is -0.950. The van der Waals surface area contributed by atoms with Gasteiger partial charge in [-0.25, -0.2) is 4.79 Å². The van der Waals surface area contributed by atoms with Crippen molar-refractivity contribution in [1.82, 2.24) is 5.34 Å². The van der Waals surface area contributed by atoms with Crippen LogP contribution in [-0.2, 0) is 14.4 Å². The first kappa shape index (κ1) is 13.1. The highest BCUT2D eigenvalue weighted by Gasteiger charge is 2.60. The van der Waals surface area contributed by atoms with Crippen LogP contribution >= 0.6 is 0 Å². The average Bonchev–Trinajstić information content (AvgIpc) is 2.24. The summed E-state index contributed by atoms with van der Waals surface area (Å²) in [6, 6.07) is 0. The maximum atomic E-state index is 11.5. The van der Waals surface area contributed by atoms with Gasteiger partial charge in [0.15, 0.2) is 0 Å². The molecule has 4 aliphatic rings. The van der Waals surface area contributed by atoms with E-state index >= 15 is 0 Å². The molecule has 0 aliphatic heterocycles. The van der Waals surface area contributed by atoms with E-state index in [1.165, 1.54) is 6.08 Å². The maximum Gasteiger partial charge on any atom is 0.330 e. The van der Waals surface area contributed by atoms with Gasteiger partial charge in [-0.15, -0.1) is 0 Å². The SMILES string of the molecule is C=CC(=O)OC12CC3CC(C1)CC(ON([NH-])[O-])(C3)C2. The van der Waals surface area contributed by atoms with Crippen molar-refractivity contribution >= 4 is 5.97 Å². The lowest BCUT2D eigenvalue weighted by Crippen LogP contribution is -2.62. The minimum absolute atomic E-state index is 0.198. The summed E-state index contributed by atoms with van der Waals surface area (Å²) in [4.78, 5) is 16.8. The van der Waals surface area contributed by atoms with E-state index in [1.54, 1.807) is 0 Å². The van der Waals surface area contributed by atoms with Gasteiger partial charge in [-0.05, 0) is 43.9 Å². The maximum absolute atomic E-state index is 11.5. The number of ether oxygens (including phenoxy) is 1. The first-order valence-electron chi connectivity index (χ1n) is 6.67. The normalized spacial score (nSPS) is 43.5. The van der Waals surface area contributed by atoms with Crippen molar-refractivity contribution < 1.29 is 14.4 Å². The molecule has 0 aromatic heterocycles. The lowest BCUT2D eigenvalue weighted by molar-refractivity contribution is -0.285. The standard InChI is InChI=1S/C13H18N2O4/c1-2-11(16)18-12-4-9-3-10(5-12)7-13(6-9,8-12)19-15(14)17/h2,9-10,14H,1,3-8H2/q-2. The molecule has 6 nitrogen and oxygen atoms in total. The molecule has 2 atom stereocenters. The van der Waals surface area contributed by atoms with Gasteiger partial charge in [0.1, 0.15) is 5.60 Å². The Bertz CT molecular complexity index is 390. The third-order valence-corrected chi connectivity index (χ3v) is 4.71. The highest BCUT2D eigenvalue weighted by atomic mass is 16.9. The molecular weight excluding hydrogens is 248 g/mol. The van der Waals surface area contributed by atoms with Gasteiger partial charge in [0.05, 0.1) is 5.60 Å². The molecule has 0 spiro atoms. The summed E-state index contributed by atoms with van der Waals surface area (Å²) >= 11 is 0. The molecule has 0 saturated heterocycles. The molecular formula is C13H18N2O4-2. The van der Waals surface area contributed by atoms with Gasteiger partial charge in [0.25, 0.3) is 0 Å². The van der Waals surface area contributed by atoms with Crippen LogP contribution in [0.15, 0.2) is 12.7 Å². The van der Waals surface area contributed by atoms with Crippen LogP contribution in [0.1, 0.15) is 38.5 Å². The fraction of sp³-hybridized carbons (Fsp3) is 0.769. The van der Waals surface area contributed by atoms with Crippen LogP contribution < -0.4 is 0 Å². The van der Waals surface area contributed by atoms with E-state index in [0.717, 1.165) is 32.1 Å². The van der Waals surface area contributed by atoms with Crippen molar-refractivity contribution in [3.8, 4) is 0 Å². The number of rotatable bonds is 4. The molecule has 19 heavy (non-hydrogen) atoms. The summed E-state index contributed by atoms with van der Waals surface area (Å²) in [5, 5.41) is 10.7. The first-order valence-corrected chi connectivity index (χ1v) is 6.67. The number of carbonyl (C=O) groups is 1. The van der Waals surface area contributed by atoms with Crippen LogP contribution in [0.25, 0.3) is 5.84 Å². The van der Waals surface area contributed by atoms with Crippen molar-refractivity contribution in [2.45, 2.75) is 49.7 Å². The number of nitrogens with one attached hydrogen (secondary N) is 1. The number of nitrogens with zero attached hydrogens (tertiary/aromatic N) is 1. The Labute approximate surface area is 112 Å². The predicted molar refractivity (Wildman–Crippen MR) is 67.0 cm³/mol. The predicted octanol–water partition coefficient (Wildman–Crippen LogP) is 2.51. The van der Waals surface area contributed by atoms with E-state index in [2.05, 4.69) is 6.58 Å². The fourth-order valence-electron chi connectivity index (χ4n) is 4.75. The lowest BCUT2D eigenvalue weighted by atomic mass is 9.52. The second kappa shape index (κ2) is 4.28. The van der Waals surface area contributed by atoms with E-state index in [-0.39, 0.29) is 5.34 Å². The molecule has 0 heterocycles. The molecule has 4 saturated carbocycles. The number of hydrogen-bond acceptors (Lipinski definition) is 5. The molecule has 1 N–H and O–H groups in total. The topological polar surface area (TPSA) is 85.6 Å². The van der Waals surface area contributed by atoms with Crippen LogP contribution in [0.2, 0.25) is 0 Å². The zero-order chi connectivity index (χ0) is 13.7. The van der Waals surface area contributed by atoms with Gasteiger partial charge in [0.2, 0.25) is 0 Å². The van der Waals surface area contributed by atoms with Crippen molar-refractivity contribution in [3.05, 3.63) is 23.7 Å². The molecule has 4 bridgehead atoms. The van der Waals surface area contributed by atoms with Gasteiger partial charge in [-0.3, -0.25) is 0 Å². The van der Waals surface area contributed by atoms with Crippen LogP contribution in [0.4, 0.5) is 0 Å². The van der Waals surface area contributed by atoms with Gasteiger partial charge in [-0.2, -0.15) is 0 Å². The lowest BCUT2D eigenvalue weighted by Gasteiger charge is -2.62. The zero-order valence-electron chi connectivity index (χ0n) is 10.8. The molecule has 0 amide bonds. The summed E-state index contributed by atoms with van der Waals surface area (Å²) in [7, 11) is 0. The summed E-state index contributed by atoms with van der Waals surface area (Å²) < 4.78 is 5.59. The Kier molecular flexibility index (Phi) is 2.94. The zero-order valence-corrected chi connectivity index (χ0v) is 10.8. The average molecular weight is 266 g/mol. The van der Waals surface area contributed by atoms with E-state index in [1.807, 2.05) is 0 Å². The first-order chi connectivity index (χ1) is 8.94. The molecule has 2 unspecified atom stereocenters. The number of esters is 1. The number of carbonyl (C=O) groups excluding carboxylic acids is 1. The Morgan fingerprint density at radius 3 is 2.42 bits per heavy atom. The molecule has 4 aliphatic carbocycles. The van der Waals surface area contributed by atoms with Crippen molar-refractivity contribution in [3.63, 3.8) is 0 Å². The van der Waals surface area contributed by atoms with E-state index in [9.17, 15) is 10.0 Å². The van der Waals surface area contributed by atoms with Crippen molar-refractivity contribution in [2.24, 2.45) is 11.8 Å². The minimum atomic E-state index is -0.616. The Balaban J connectivity index is 1.84. The second-order valence-corrected chi connectivity index (χ2v) is 6.30. The van der Waals surface area contributed by atoms with Crippen molar-refractivity contribution in [1.29, 1.82) is 0 Å². The molecule has 106 valence electrons. The highest BCUT2D eigenvalue weighted by Crippen LogP contribution is 2.60. The molecule has 4 fully saturated rings. The fourth-order valence-corrected chi connectivity index (χ4v) is 4.75. The third-order valence-electron chi connectivity index (χ3n) is 4.71. The summed E-state index contributed by atoms with van der Waals surface area (Å²) in [6.45, 7) is 3.43. The van der Waals surface area contributed by atoms with Crippen LogP contribution in [0.3, 0.4) is 0 Å². The summed E-state index contributed by atoms with van der Waals surface area (Å²) in [5.41, 5.74) is -1.14. The molecule has 0 aromatic rings. The van der Waals surface area contributed by atoms with Gasteiger partial charge in [0, 0.05) is 12.5 Å². The Morgan fingerprint density at radius 1 is 1.32 bits per heavy atom. The monoisotopic (exact) mass is 266 g/mol. The third kappa shape index (κ3) is 2.29. The Morgan fingerprint density at radius 2 is 1.89 bits per heavy atom. The highest BCUT2D eigenvalue weighted by molar-refractivity contribution is 5.81. The van der Waals surface area contributed by atoms with E-state index in [0.29, 0.717) is 18.3 Å². The van der Waals surface area contributed by atoms with E-state index < -0.39 is 17.2 Å². The molecule has 4 rings (SSSR count). The van der Waals surface area contributed by atoms with Crippen LogP contribution in [0, 0.1) is 17.0 Å². The van der Waals surface area contributed by atoms with Crippen LogP contribution in [-0.4, -0.2) is 22.5 Å². The second-order valence-electron chi connectivity index (χ2n) is 6.30. The largest absolute Gasteiger partial charge is 0.780 e. The van der Waals surface area contributed by atoms with Gasteiger partial charge in [-0.1, -0.05) is 6.58 Å². The summed E-state index contributed by atoms with van der Waals surface area (Å²) in [5.74, 6) is 7.40. The smallest absolute Gasteiger partial charge is 0.330 e. The van der Waals surface area contributed by atoms with Gasteiger partial charge < -0.3 is 26.0 Å². The number of hydrogen-bond donors (Lipinski definition) is 0. The van der Waals surface area contributed by atoms with E-state index in [4.69, 9.17) is 15.4 Å². The quantitative estimate of drug-likeness (QED) is 0.443. The summed E-state index contributed by atoms with van der Waals surface area (Å²) in [6.07, 6.45) is 6.05. The van der Waals surface area contributed by atoms with Gasteiger partial charge >= 0.3 is 5.97 Å². The molecule has 6 heteroatoms. The minimum Gasteiger partial charge on any atom is -0.780 e. The van der Waals surface area contributed by atoms with Crippen LogP contribution in [0.5, 0.6) is 0 Å². The molecule has 0 radical (unpaired) electrons.